The molecule has 0 radical (unpaired) electrons. The van der Waals surface area contributed by atoms with E-state index in [0.717, 1.165) is 0 Å². The van der Waals surface area contributed by atoms with Gasteiger partial charge in [-0.3, -0.25) is 4.79 Å². The Balaban J connectivity index is 2.16. The van der Waals surface area contributed by atoms with Crippen molar-refractivity contribution >= 4 is 27.5 Å². The van der Waals surface area contributed by atoms with Gasteiger partial charge < -0.3 is 24.6 Å². The van der Waals surface area contributed by atoms with Crippen molar-refractivity contribution in [1.82, 2.24) is 0 Å². The number of amides is 1. The molecule has 2 aromatic carbocycles. The first-order valence-electron chi connectivity index (χ1n) is 7.14. The van der Waals surface area contributed by atoms with Crippen LogP contribution in [0.4, 0.5) is 5.69 Å². The molecule has 2 aromatic rings. The Kier molecular flexibility index (Phi) is 6.45. The van der Waals surface area contributed by atoms with Crippen molar-refractivity contribution in [2.45, 2.75) is 0 Å². The molecule has 0 saturated carbocycles. The van der Waals surface area contributed by atoms with Gasteiger partial charge in [-0.2, -0.15) is 0 Å². The molecule has 7 heteroatoms. The summed E-state index contributed by atoms with van der Waals surface area (Å²) in [5, 5.41) is 12.6. The van der Waals surface area contributed by atoms with Crippen molar-refractivity contribution in [3.05, 3.63) is 46.4 Å². The lowest BCUT2D eigenvalue weighted by atomic mass is 10.2. The van der Waals surface area contributed by atoms with Gasteiger partial charge in [-0.15, -0.1) is 0 Å². The average Bonchev–Trinajstić information content (AvgIpc) is 2.55. The predicted molar refractivity (Wildman–Crippen MR) is 94.1 cm³/mol. The van der Waals surface area contributed by atoms with E-state index in [2.05, 4.69) is 21.2 Å². The summed E-state index contributed by atoms with van der Waals surface area (Å²) in [6.07, 6.45) is 0. The number of ether oxygens (including phenoxy) is 3. The van der Waals surface area contributed by atoms with Crippen LogP contribution in [0.15, 0.2) is 40.9 Å². The number of rotatable bonds is 7. The number of methoxy groups -OCH3 is 2. The Morgan fingerprint density at radius 3 is 2.58 bits per heavy atom. The normalized spacial score (nSPS) is 10.3. The van der Waals surface area contributed by atoms with Crippen LogP contribution in [-0.4, -0.2) is 38.4 Å². The molecule has 0 saturated heterocycles. The van der Waals surface area contributed by atoms with Gasteiger partial charge >= 0.3 is 0 Å². The molecule has 2 N–H and O–H groups in total. The molecule has 24 heavy (non-hydrogen) atoms. The van der Waals surface area contributed by atoms with E-state index in [1.807, 2.05) is 0 Å². The van der Waals surface area contributed by atoms with Crippen molar-refractivity contribution in [2.24, 2.45) is 0 Å². The Morgan fingerprint density at radius 2 is 1.92 bits per heavy atom. The molecule has 0 spiro atoms. The second kappa shape index (κ2) is 8.56. The molecule has 128 valence electrons. The van der Waals surface area contributed by atoms with Gasteiger partial charge in [-0.1, -0.05) is 15.9 Å². The SMILES string of the molecule is COCCOc1cc(NC(=O)c2ccc(Br)cc2O)ccc1OC. The Hall–Kier alpha value is -2.25. The molecule has 0 heterocycles. The lowest BCUT2D eigenvalue weighted by Gasteiger charge is -2.13. The number of benzene rings is 2. The molecular formula is C17H18BrNO5. The fourth-order valence-electron chi connectivity index (χ4n) is 2.00. The fourth-order valence-corrected chi connectivity index (χ4v) is 2.35. The molecule has 0 atom stereocenters. The summed E-state index contributed by atoms with van der Waals surface area (Å²) >= 11 is 3.24. The van der Waals surface area contributed by atoms with E-state index in [0.29, 0.717) is 34.9 Å². The van der Waals surface area contributed by atoms with Crippen LogP contribution in [0.3, 0.4) is 0 Å². The first-order valence-corrected chi connectivity index (χ1v) is 7.94. The smallest absolute Gasteiger partial charge is 0.259 e. The van der Waals surface area contributed by atoms with Crippen LogP contribution in [0, 0.1) is 0 Å². The number of aromatic hydroxyl groups is 1. The zero-order valence-corrected chi connectivity index (χ0v) is 14.9. The first kappa shape index (κ1) is 18.1. The highest BCUT2D eigenvalue weighted by Gasteiger charge is 2.13. The molecule has 0 aliphatic heterocycles. The molecule has 0 aliphatic carbocycles. The van der Waals surface area contributed by atoms with Gasteiger partial charge in [-0.25, -0.2) is 0 Å². The van der Waals surface area contributed by atoms with E-state index in [1.54, 1.807) is 31.4 Å². The van der Waals surface area contributed by atoms with Gasteiger partial charge in [0.1, 0.15) is 12.4 Å². The van der Waals surface area contributed by atoms with Crippen LogP contribution >= 0.6 is 15.9 Å². The number of nitrogens with one attached hydrogen (secondary N) is 1. The maximum atomic E-state index is 12.3. The van der Waals surface area contributed by atoms with Crippen molar-refractivity contribution in [2.75, 3.05) is 32.8 Å². The van der Waals surface area contributed by atoms with E-state index in [1.165, 1.54) is 19.2 Å². The third kappa shape index (κ3) is 4.62. The number of carbonyl (C=O) groups excluding carboxylic acids is 1. The molecule has 0 fully saturated rings. The third-order valence-electron chi connectivity index (χ3n) is 3.17. The Bertz CT molecular complexity index is 720. The molecular weight excluding hydrogens is 378 g/mol. The largest absolute Gasteiger partial charge is 0.507 e. The van der Waals surface area contributed by atoms with Crippen molar-refractivity contribution in [1.29, 1.82) is 0 Å². The molecule has 0 unspecified atom stereocenters. The highest BCUT2D eigenvalue weighted by molar-refractivity contribution is 9.10. The molecule has 0 aromatic heterocycles. The second-order valence-corrected chi connectivity index (χ2v) is 5.74. The number of halogens is 1. The van der Waals surface area contributed by atoms with E-state index in [9.17, 15) is 9.90 Å². The van der Waals surface area contributed by atoms with Crippen molar-refractivity contribution < 1.29 is 24.1 Å². The fraction of sp³-hybridized carbons (Fsp3) is 0.235. The van der Waals surface area contributed by atoms with Crippen molar-refractivity contribution in [3.63, 3.8) is 0 Å². The minimum Gasteiger partial charge on any atom is -0.507 e. The summed E-state index contributed by atoms with van der Waals surface area (Å²) in [6, 6.07) is 9.72. The van der Waals surface area contributed by atoms with Crippen LogP contribution in [0.1, 0.15) is 10.4 Å². The number of hydrogen-bond donors (Lipinski definition) is 2. The summed E-state index contributed by atoms with van der Waals surface area (Å²) in [5.74, 6) is 0.517. The molecule has 0 bridgehead atoms. The number of anilines is 1. The van der Waals surface area contributed by atoms with Crippen molar-refractivity contribution in [3.8, 4) is 17.2 Å². The Labute approximate surface area is 148 Å². The van der Waals surface area contributed by atoms with Crippen LogP contribution in [0.25, 0.3) is 0 Å². The van der Waals surface area contributed by atoms with Crippen LogP contribution in [-0.2, 0) is 4.74 Å². The van der Waals surface area contributed by atoms with Crippen LogP contribution < -0.4 is 14.8 Å². The number of phenolic OH excluding ortho intramolecular Hbond substituents is 1. The van der Waals surface area contributed by atoms with Gasteiger partial charge in [0.15, 0.2) is 11.5 Å². The molecule has 1 amide bonds. The van der Waals surface area contributed by atoms with Gasteiger partial charge in [0.05, 0.1) is 19.3 Å². The highest BCUT2D eigenvalue weighted by atomic mass is 79.9. The van der Waals surface area contributed by atoms with E-state index in [-0.39, 0.29) is 11.3 Å². The lowest BCUT2D eigenvalue weighted by Crippen LogP contribution is -2.12. The maximum absolute atomic E-state index is 12.3. The van der Waals surface area contributed by atoms with Gasteiger partial charge in [0.2, 0.25) is 0 Å². The second-order valence-electron chi connectivity index (χ2n) is 4.82. The number of hydrogen-bond acceptors (Lipinski definition) is 5. The summed E-state index contributed by atoms with van der Waals surface area (Å²) < 4.78 is 16.4. The number of phenols is 1. The van der Waals surface area contributed by atoms with Gasteiger partial charge in [-0.05, 0) is 30.3 Å². The molecule has 6 nitrogen and oxygen atoms in total. The standard InChI is InChI=1S/C17H18BrNO5/c1-22-7-8-24-16-10-12(4-6-15(16)23-2)19-17(21)13-5-3-11(18)9-14(13)20/h3-6,9-10,20H,7-8H2,1-2H3,(H,19,21). The molecule has 0 aliphatic rings. The predicted octanol–water partition coefficient (Wildman–Crippen LogP) is 3.44. The van der Waals surface area contributed by atoms with Crippen LogP contribution in [0.5, 0.6) is 17.2 Å². The monoisotopic (exact) mass is 395 g/mol. The maximum Gasteiger partial charge on any atom is 0.259 e. The highest BCUT2D eigenvalue weighted by Crippen LogP contribution is 2.31. The quantitative estimate of drug-likeness (QED) is 0.702. The average molecular weight is 396 g/mol. The summed E-state index contributed by atoms with van der Waals surface area (Å²) in [6.45, 7) is 0.796. The van der Waals surface area contributed by atoms with E-state index >= 15 is 0 Å². The topological polar surface area (TPSA) is 77.0 Å². The summed E-state index contributed by atoms with van der Waals surface area (Å²) in [5.41, 5.74) is 0.700. The zero-order chi connectivity index (χ0) is 17.5. The van der Waals surface area contributed by atoms with Gasteiger partial charge in [0, 0.05) is 23.3 Å². The summed E-state index contributed by atoms with van der Waals surface area (Å²) in [4.78, 5) is 12.3. The minimum atomic E-state index is -0.423. The third-order valence-corrected chi connectivity index (χ3v) is 3.66. The van der Waals surface area contributed by atoms with Gasteiger partial charge in [0.25, 0.3) is 5.91 Å². The van der Waals surface area contributed by atoms with E-state index < -0.39 is 5.91 Å². The lowest BCUT2D eigenvalue weighted by molar-refractivity contribution is 0.102. The Morgan fingerprint density at radius 1 is 1.12 bits per heavy atom. The number of carbonyl (C=O) groups is 1. The minimum absolute atomic E-state index is 0.105. The van der Waals surface area contributed by atoms with Crippen LogP contribution in [0.2, 0.25) is 0 Å². The molecule has 2 rings (SSSR count). The first-order chi connectivity index (χ1) is 11.5. The summed E-state index contributed by atoms with van der Waals surface area (Å²) in [7, 11) is 3.12. The van der Waals surface area contributed by atoms with E-state index in [4.69, 9.17) is 14.2 Å². The zero-order valence-electron chi connectivity index (χ0n) is 13.3.